The number of carbonyl (C=O) groups is 4. The van der Waals surface area contributed by atoms with Crippen LogP contribution in [0.15, 0.2) is 0 Å². The molecule has 0 spiro atoms. The van der Waals surface area contributed by atoms with Crippen LogP contribution in [0.5, 0.6) is 0 Å². The Morgan fingerprint density at radius 2 is 1.45 bits per heavy atom. The number of ether oxygens (including phenoxy) is 2. The zero-order valence-electron chi connectivity index (χ0n) is 11.1. The van der Waals surface area contributed by atoms with E-state index in [4.69, 9.17) is 15.9 Å². The van der Waals surface area contributed by atoms with E-state index in [0.717, 1.165) is 6.92 Å². The minimum atomic E-state index is -1.34. The number of carboxylic acid groups (broad SMARTS) is 2. The highest BCUT2D eigenvalue weighted by Crippen LogP contribution is 2.03. The Morgan fingerprint density at radius 1 is 1.00 bits per heavy atom. The molecule has 0 aliphatic carbocycles. The van der Waals surface area contributed by atoms with Crippen LogP contribution >= 0.6 is 0 Å². The van der Waals surface area contributed by atoms with E-state index in [-0.39, 0.29) is 12.8 Å². The van der Waals surface area contributed by atoms with Crippen LogP contribution in [-0.4, -0.2) is 52.3 Å². The van der Waals surface area contributed by atoms with Gasteiger partial charge >= 0.3 is 23.9 Å². The topological polar surface area (TPSA) is 153 Å². The molecule has 4 N–H and O–H groups in total. The molecule has 0 rings (SSSR count). The van der Waals surface area contributed by atoms with Gasteiger partial charge in [-0.3, -0.25) is 9.59 Å². The summed E-state index contributed by atoms with van der Waals surface area (Å²) in [7, 11) is 0. The number of esters is 2. The number of hydrogen-bond donors (Lipinski definition) is 3. The molecule has 0 bridgehead atoms. The third-order valence-corrected chi connectivity index (χ3v) is 2.26. The van der Waals surface area contributed by atoms with Crippen molar-refractivity contribution in [2.24, 2.45) is 5.73 Å². The van der Waals surface area contributed by atoms with Crippen molar-refractivity contribution in [3.63, 3.8) is 0 Å². The van der Waals surface area contributed by atoms with Crippen LogP contribution in [0.3, 0.4) is 0 Å². The monoisotopic (exact) mass is 291 g/mol. The number of rotatable bonds is 8. The number of carboxylic acids is 2. The molecule has 0 heterocycles. The van der Waals surface area contributed by atoms with Gasteiger partial charge in [-0.25, -0.2) is 9.59 Å². The van der Waals surface area contributed by atoms with Gasteiger partial charge in [-0.2, -0.15) is 0 Å². The van der Waals surface area contributed by atoms with Crippen LogP contribution in [-0.2, 0) is 28.7 Å². The molecule has 0 aromatic carbocycles. The number of hydrogen-bond acceptors (Lipinski definition) is 7. The van der Waals surface area contributed by atoms with Crippen molar-refractivity contribution < 1.29 is 38.9 Å². The van der Waals surface area contributed by atoms with Crippen LogP contribution in [0.25, 0.3) is 0 Å². The maximum Gasteiger partial charge on any atom is 0.344 e. The van der Waals surface area contributed by atoms with E-state index in [9.17, 15) is 19.2 Å². The normalized spacial score (nSPS) is 14.8. The van der Waals surface area contributed by atoms with Crippen molar-refractivity contribution in [2.45, 2.75) is 44.9 Å². The van der Waals surface area contributed by atoms with E-state index in [2.05, 4.69) is 9.47 Å². The van der Waals surface area contributed by atoms with Crippen molar-refractivity contribution >= 4 is 23.9 Å². The van der Waals surface area contributed by atoms with Gasteiger partial charge in [0.15, 0.2) is 12.2 Å². The molecular weight excluding hydrogens is 274 g/mol. The smallest absolute Gasteiger partial charge is 0.344 e. The van der Waals surface area contributed by atoms with Gasteiger partial charge in [-0.05, 0) is 20.3 Å². The lowest BCUT2D eigenvalue weighted by atomic mass is 10.1. The standard InChI is InChI=1S/C11H17NO8/c1-5(9(14)15)19-8(13)4-3-7(12)11(18)20-6(2)10(16)17/h5-7H,3-4,12H2,1-2H3,(H,14,15)(H,16,17)/t5?,6?,7-/m0/s1. The zero-order chi connectivity index (χ0) is 15.9. The van der Waals surface area contributed by atoms with Crippen LogP contribution in [0, 0.1) is 0 Å². The fraction of sp³-hybridized carbons (Fsp3) is 0.636. The van der Waals surface area contributed by atoms with Gasteiger partial charge in [0, 0.05) is 6.42 Å². The summed E-state index contributed by atoms with van der Waals surface area (Å²) >= 11 is 0. The van der Waals surface area contributed by atoms with Gasteiger partial charge in [0.1, 0.15) is 6.04 Å². The fourth-order valence-corrected chi connectivity index (χ4v) is 1.01. The van der Waals surface area contributed by atoms with Crippen LogP contribution < -0.4 is 5.73 Å². The second kappa shape index (κ2) is 8.10. The molecule has 2 unspecified atom stereocenters. The average molecular weight is 291 g/mol. The minimum Gasteiger partial charge on any atom is -0.479 e. The summed E-state index contributed by atoms with van der Waals surface area (Å²) in [4.78, 5) is 43.5. The van der Waals surface area contributed by atoms with E-state index in [0.29, 0.717) is 0 Å². The lowest BCUT2D eigenvalue weighted by molar-refractivity contribution is -0.165. The van der Waals surface area contributed by atoms with E-state index in [1.807, 2.05) is 0 Å². The number of aliphatic carboxylic acids is 2. The molecule has 0 fully saturated rings. The molecule has 20 heavy (non-hydrogen) atoms. The summed E-state index contributed by atoms with van der Waals surface area (Å²) in [5.74, 6) is -4.40. The Balaban J connectivity index is 4.12. The predicted octanol–water partition coefficient (Wildman–Crippen LogP) is -0.873. The maximum atomic E-state index is 11.3. The van der Waals surface area contributed by atoms with Crippen molar-refractivity contribution in [1.29, 1.82) is 0 Å². The van der Waals surface area contributed by atoms with Gasteiger partial charge in [-0.1, -0.05) is 0 Å². The van der Waals surface area contributed by atoms with E-state index in [1.54, 1.807) is 0 Å². The predicted molar refractivity (Wildman–Crippen MR) is 63.6 cm³/mol. The third-order valence-electron chi connectivity index (χ3n) is 2.26. The molecule has 0 aromatic heterocycles. The quantitative estimate of drug-likeness (QED) is 0.484. The number of carbonyl (C=O) groups excluding carboxylic acids is 2. The van der Waals surface area contributed by atoms with Gasteiger partial charge in [0.2, 0.25) is 0 Å². The Hall–Kier alpha value is -2.16. The first kappa shape index (κ1) is 17.8. The molecule has 0 saturated heterocycles. The molecule has 114 valence electrons. The highest BCUT2D eigenvalue weighted by atomic mass is 16.6. The Labute approximate surface area is 114 Å². The summed E-state index contributed by atoms with van der Waals surface area (Å²) in [6.45, 7) is 2.35. The molecule has 9 heteroatoms. The first-order valence-electron chi connectivity index (χ1n) is 5.76. The summed E-state index contributed by atoms with van der Waals surface area (Å²) in [6.07, 6.45) is -3.06. The van der Waals surface area contributed by atoms with Gasteiger partial charge in [-0.15, -0.1) is 0 Å². The Kier molecular flexibility index (Phi) is 7.22. The molecule has 9 nitrogen and oxygen atoms in total. The largest absolute Gasteiger partial charge is 0.479 e. The van der Waals surface area contributed by atoms with Crippen molar-refractivity contribution in [1.82, 2.24) is 0 Å². The molecule has 0 saturated carbocycles. The van der Waals surface area contributed by atoms with Crippen molar-refractivity contribution in [2.75, 3.05) is 0 Å². The van der Waals surface area contributed by atoms with Crippen LogP contribution in [0.4, 0.5) is 0 Å². The second-order valence-electron chi connectivity index (χ2n) is 4.03. The van der Waals surface area contributed by atoms with Gasteiger partial charge < -0.3 is 25.4 Å². The first-order chi connectivity index (χ1) is 9.15. The molecule has 0 aliphatic heterocycles. The molecule has 0 aliphatic rings. The van der Waals surface area contributed by atoms with Gasteiger partial charge in [0.25, 0.3) is 0 Å². The average Bonchev–Trinajstić information content (AvgIpc) is 2.35. The Bertz CT molecular complexity index is 394. The highest BCUT2D eigenvalue weighted by molar-refractivity contribution is 5.81. The van der Waals surface area contributed by atoms with Crippen molar-refractivity contribution in [3.05, 3.63) is 0 Å². The SMILES string of the molecule is CC(OC(=O)CC[C@H](N)C(=O)OC(C)C(=O)O)C(=O)O. The van der Waals surface area contributed by atoms with Crippen molar-refractivity contribution in [3.8, 4) is 0 Å². The summed E-state index contributed by atoms with van der Waals surface area (Å²) in [6, 6.07) is -1.19. The lowest BCUT2D eigenvalue weighted by Crippen LogP contribution is -2.37. The maximum absolute atomic E-state index is 11.3. The van der Waals surface area contributed by atoms with E-state index < -0.39 is 42.1 Å². The minimum absolute atomic E-state index is 0.143. The van der Waals surface area contributed by atoms with Crippen LogP contribution in [0.1, 0.15) is 26.7 Å². The molecule has 0 amide bonds. The summed E-state index contributed by atoms with van der Waals surface area (Å²) < 4.78 is 9.04. The Morgan fingerprint density at radius 3 is 1.90 bits per heavy atom. The first-order valence-corrected chi connectivity index (χ1v) is 5.76. The fourth-order valence-electron chi connectivity index (χ4n) is 1.01. The van der Waals surface area contributed by atoms with E-state index in [1.165, 1.54) is 6.92 Å². The summed E-state index contributed by atoms with van der Waals surface area (Å²) in [5, 5.41) is 17.1. The molecule has 0 aromatic rings. The number of nitrogens with two attached hydrogens (primary N) is 1. The highest BCUT2D eigenvalue weighted by Gasteiger charge is 2.23. The second-order valence-corrected chi connectivity index (χ2v) is 4.03. The lowest BCUT2D eigenvalue weighted by Gasteiger charge is -2.14. The molecule has 3 atom stereocenters. The van der Waals surface area contributed by atoms with Crippen LogP contribution in [0.2, 0.25) is 0 Å². The molecular formula is C11H17NO8. The summed E-state index contributed by atoms with van der Waals surface area (Å²) in [5.41, 5.74) is 5.41. The van der Waals surface area contributed by atoms with E-state index >= 15 is 0 Å². The molecule has 0 radical (unpaired) electrons. The third kappa shape index (κ3) is 6.69. The zero-order valence-corrected chi connectivity index (χ0v) is 11.1. The van der Waals surface area contributed by atoms with Gasteiger partial charge in [0.05, 0.1) is 0 Å².